The monoisotopic (exact) mass is 617 g/mol. The molecule has 0 aliphatic heterocycles. The molecule has 0 spiro atoms. The van der Waals surface area contributed by atoms with E-state index < -0.39 is 6.04 Å². The van der Waals surface area contributed by atoms with Gasteiger partial charge >= 0.3 is 0 Å². The van der Waals surface area contributed by atoms with E-state index in [1.54, 1.807) is 85.9 Å². The number of ether oxygens (including phenoxy) is 1. The zero-order valence-electron chi connectivity index (χ0n) is 24.8. The number of hydrogen-bond acceptors (Lipinski definition) is 7. The van der Waals surface area contributed by atoms with Gasteiger partial charge in [0.1, 0.15) is 18.3 Å². The van der Waals surface area contributed by atoms with Crippen LogP contribution in [0.4, 0.5) is 0 Å². The molecule has 0 saturated carbocycles. The Morgan fingerprint density at radius 3 is 2.02 bits per heavy atom. The smallest absolute Gasteiger partial charge is 0.228 e. The molecule has 4 aromatic rings. The highest BCUT2D eigenvalue weighted by Gasteiger charge is 2.37. The molecule has 0 saturated heterocycles. The number of Topliss-reactive ketones (excluding diaryl/α,β-unsaturated/α-hetero) is 4. The topological polar surface area (TPSA) is 108 Å². The molecule has 1 unspecified atom stereocenters. The van der Waals surface area contributed by atoms with Gasteiger partial charge in [-0.05, 0) is 44.9 Å². The molecule has 0 radical (unpaired) electrons. The van der Waals surface area contributed by atoms with Crippen molar-refractivity contribution in [1.82, 2.24) is 15.0 Å². The maximum atomic E-state index is 13.9. The third-order valence-electron chi connectivity index (χ3n) is 7.94. The highest BCUT2D eigenvalue weighted by Crippen LogP contribution is 2.37. The predicted molar refractivity (Wildman–Crippen MR) is 168 cm³/mol. The lowest BCUT2D eigenvalue weighted by atomic mass is 9.80. The molecule has 0 N–H and O–H groups in total. The van der Waals surface area contributed by atoms with E-state index in [0.29, 0.717) is 38.5 Å². The summed E-state index contributed by atoms with van der Waals surface area (Å²) < 4.78 is 7.53. The number of fused-ring (bicyclic) bond motifs is 2. The fraction of sp³-hybridized carbons (Fsp3) is 0.167. The third-order valence-corrected chi connectivity index (χ3v) is 8.19. The molecular formula is C36H28ClN3O5. The molecule has 6 rings (SSSR count). The summed E-state index contributed by atoms with van der Waals surface area (Å²) in [6.07, 6.45) is 3.73. The second-order valence-corrected chi connectivity index (χ2v) is 11.6. The lowest BCUT2D eigenvalue weighted by Crippen LogP contribution is -2.28. The number of halogens is 1. The van der Waals surface area contributed by atoms with E-state index in [9.17, 15) is 19.2 Å². The second-order valence-electron chi connectivity index (χ2n) is 11.2. The Hall–Kier alpha value is -5.21. The number of ketones is 4. The molecule has 8 nitrogen and oxygen atoms in total. The number of hydrogen-bond donors (Lipinski definition) is 0. The van der Waals surface area contributed by atoms with Gasteiger partial charge in [-0.1, -0.05) is 89.1 Å². The van der Waals surface area contributed by atoms with Crippen LogP contribution in [0.3, 0.4) is 0 Å². The first-order chi connectivity index (χ1) is 21.7. The van der Waals surface area contributed by atoms with Crippen LogP contribution in [-0.2, 0) is 11.3 Å². The highest BCUT2D eigenvalue weighted by molar-refractivity contribution is 6.30. The van der Waals surface area contributed by atoms with E-state index in [1.165, 1.54) is 4.68 Å². The molecule has 0 fully saturated rings. The molecule has 2 aliphatic carbocycles. The molecule has 1 heterocycles. The van der Waals surface area contributed by atoms with Crippen LogP contribution in [0, 0.1) is 0 Å². The SMILES string of the molecule is CC(C)=CCC1=C(OCc2cn(C(C3=C(C)C(=O)c4ccccc4C3=O)c3ccc(Cl)cc3)nn2)C(=O)c2ccccc2C1=O. The largest absolute Gasteiger partial charge is 0.483 e. The van der Waals surface area contributed by atoms with Crippen molar-refractivity contribution in [2.45, 2.75) is 39.8 Å². The van der Waals surface area contributed by atoms with Crippen LogP contribution in [-0.4, -0.2) is 38.1 Å². The summed E-state index contributed by atoms with van der Waals surface area (Å²) in [4.78, 5) is 54.1. The molecule has 3 aromatic carbocycles. The molecule has 0 bridgehead atoms. The minimum atomic E-state index is -0.800. The van der Waals surface area contributed by atoms with Crippen molar-refractivity contribution in [2.24, 2.45) is 0 Å². The van der Waals surface area contributed by atoms with Crippen LogP contribution in [0.1, 0.15) is 85.9 Å². The number of allylic oxidation sites excluding steroid dienone is 6. The van der Waals surface area contributed by atoms with Crippen molar-refractivity contribution in [3.05, 3.63) is 152 Å². The summed E-state index contributed by atoms with van der Waals surface area (Å²) in [5.41, 5.74) is 4.20. The lowest BCUT2D eigenvalue weighted by Gasteiger charge is -2.26. The van der Waals surface area contributed by atoms with Crippen molar-refractivity contribution in [3.63, 3.8) is 0 Å². The van der Waals surface area contributed by atoms with Crippen molar-refractivity contribution in [2.75, 3.05) is 0 Å². The number of nitrogens with zero attached hydrogens (tertiary/aromatic N) is 3. The molecule has 224 valence electrons. The average Bonchev–Trinajstić information content (AvgIpc) is 3.51. The minimum Gasteiger partial charge on any atom is -0.483 e. The fourth-order valence-electron chi connectivity index (χ4n) is 5.65. The Labute approximate surface area is 264 Å². The molecule has 45 heavy (non-hydrogen) atoms. The van der Waals surface area contributed by atoms with E-state index >= 15 is 0 Å². The molecule has 1 atom stereocenters. The predicted octanol–water partition coefficient (Wildman–Crippen LogP) is 7.12. The van der Waals surface area contributed by atoms with Gasteiger partial charge in [-0.15, -0.1) is 5.10 Å². The molecule has 1 aromatic heterocycles. The van der Waals surface area contributed by atoms with Gasteiger partial charge in [0.2, 0.25) is 5.78 Å². The normalized spacial score (nSPS) is 15.2. The van der Waals surface area contributed by atoms with E-state index in [1.807, 2.05) is 19.9 Å². The van der Waals surface area contributed by atoms with Crippen LogP contribution < -0.4 is 0 Å². The first kappa shape index (κ1) is 29.8. The van der Waals surface area contributed by atoms with Crippen LogP contribution in [0.15, 0.2) is 113 Å². The summed E-state index contributed by atoms with van der Waals surface area (Å²) in [5, 5.41) is 9.12. The summed E-state index contributed by atoms with van der Waals surface area (Å²) in [6, 6.07) is 19.6. The van der Waals surface area contributed by atoms with Crippen molar-refractivity contribution in [1.29, 1.82) is 0 Å². The van der Waals surface area contributed by atoms with Gasteiger partial charge in [-0.3, -0.25) is 19.2 Å². The molecule has 0 amide bonds. The van der Waals surface area contributed by atoms with Gasteiger partial charge in [0.25, 0.3) is 0 Å². The zero-order chi connectivity index (χ0) is 31.8. The number of benzene rings is 3. The Morgan fingerprint density at radius 2 is 1.40 bits per heavy atom. The zero-order valence-corrected chi connectivity index (χ0v) is 25.6. The lowest BCUT2D eigenvalue weighted by molar-refractivity contribution is 0.0853. The van der Waals surface area contributed by atoms with Crippen LogP contribution in [0.2, 0.25) is 5.02 Å². The second kappa shape index (κ2) is 12.1. The maximum Gasteiger partial charge on any atom is 0.228 e. The van der Waals surface area contributed by atoms with Gasteiger partial charge in [-0.2, -0.15) is 0 Å². The quantitative estimate of drug-likeness (QED) is 0.194. The third kappa shape index (κ3) is 5.49. The minimum absolute atomic E-state index is 0.0248. The summed E-state index contributed by atoms with van der Waals surface area (Å²) in [7, 11) is 0. The molecule has 2 aliphatic rings. The van der Waals surface area contributed by atoms with Gasteiger partial charge in [0.05, 0.1) is 11.8 Å². The fourth-order valence-corrected chi connectivity index (χ4v) is 5.77. The number of carbonyl (C=O) groups excluding carboxylic acids is 4. The van der Waals surface area contributed by atoms with Crippen molar-refractivity contribution >= 4 is 34.7 Å². The summed E-state index contributed by atoms with van der Waals surface area (Å²) in [5.74, 6) is -1.18. The molecule has 9 heteroatoms. The van der Waals surface area contributed by atoms with E-state index in [0.717, 1.165) is 5.57 Å². The number of aromatic nitrogens is 3. The van der Waals surface area contributed by atoms with E-state index in [-0.39, 0.29) is 58.6 Å². The first-order valence-corrected chi connectivity index (χ1v) is 14.8. The Morgan fingerprint density at radius 1 is 0.822 bits per heavy atom. The maximum absolute atomic E-state index is 13.9. The molecular weight excluding hydrogens is 590 g/mol. The Kier molecular flexibility index (Phi) is 7.99. The van der Waals surface area contributed by atoms with E-state index in [4.69, 9.17) is 16.3 Å². The van der Waals surface area contributed by atoms with Gasteiger partial charge in [0, 0.05) is 38.4 Å². The van der Waals surface area contributed by atoms with Crippen molar-refractivity contribution < 1.29 is 23.9 Å². The summed E-state index contributed by atoms with van der Waals surface area (Å²) >= 11 is 6.18. The van der Waals surface area contributed by atoms with Crippen LogP contribution >= 0.6 is 11.6 Å². The van der Waals surface area contributed by atoms with Crippen LogP contribution in [0.5, 0.6) is 0 Å². The highest BCUT2D eigenvalue weighted by atomic mass is 35.5. The van der Waals surface area contributed by atoms with Gasteiger partial charge in [0.15, 0.2) is 23.1 Å². The number of carbonyl (C=O) groups is 4. The van der Waals surface area contributed by atoms with Crippen molar-refractivity contribution in [3.8, 4) is 0 Å². The summed E-state index contributed by atoms with van der Waals surface area (Å²) in [6.45, 7) is 5.31. The van der Waals surface area contributed by atoms with Gasteiger partial charge < -0.3 is 4.74 Å². The Balaban J connectivity index is 1.37. The van der Waals surface area contributed by atoms with Gasteiger partial charge in [-0.25, -0.2) is 4.68 Å². The average molecular weight is 618 g/mol. The Bertz CT molecular complexity index is 1990. The number of rotatable bonds is 8. The standard InChI is InChI=1S/C36H28ClN3O5/c1-20(2)12-17-29-33(42)26-9-5-7-11-28(26)35(44)36(29)45-19-24-18-40(39-38-24)31(22-13-15-23(37)16-14-22)30-21(3)32(41)25-8-4-6-10-27(25)34(30)43/h4-16,18,31H,17,19H2,1-3H3. The first-order valence-electron chi connectivity index (χ1n) is 14.4. The van der Waals surface area contributed by atoms with E-state index in [2.05, 4.69) is 10.3 Å². The van der Waals surface area contributed by atoms with Crippen LogP contribution in [0.25, 0.3) is 0 Å².